The van der Waals surface area contributed by atoms with Gasteiger partial charge in [-0.25, -0.2) is 13.2 Å². The van der Waals surface area contributed by atoms with Crippen molar-refractivity contribution in [2.24, 2.45) is 0 Å². The molecule has 0 spiro atoms. The summed E-state index contributed by atoms with van der Waals surface area (Å²) >= 11 is 0. The van der Waals surface area contributed by atoms with Gasteiger partial charge in [0.05, 0.1) is 12.2 Å². The molecule has 0 bridgehead atoms. The Hall–Kier alpha value is -4.15. The van der Waals surface area contributed by atoms with Gasteiger partial charge in [-0.3, -0.25) is 0 Å². The quantitative estimate of drug-likeness (QED) is 0.233. The molecule has 4 rings (SSSR count). The van der Waals surface area contributed by atoms with Crippen LogP contribution in [0, 0.1) is 41.1 Å². The van der Waals surface area contributed by atoms with Crippen LogP contribution in [0.15, 0.2) is 72.8 Å². The van der Waals surface area contributed by atoms with E-state index in [1.54, 1.807) is 24.3 Å². The maximum atomic E-state index is 14.6. The van der Waals surface area contributed by atoms with Crippen molar-refractivity contribution < 1.29 is 17.9 Å². The summed E-state index contributed by atoms with van der Waals surface area (Å²) in [6.07, 6.45) is 2.09. The Morgan fingerprint density at radius 3 is 2.12 bits per heavy atom. The van der Waals surface area contributed by atoms with Crippen LogP contribution in [0.2, 0.25) is 0 Å². The zero-order chi connectivity index (χ0) is 23.9. The van der Waals surface area contributed by atoms with Crippen molar-refractivity contribution in [2.45, 2.75) is 19.8 Å². The second kappa shape index (κ2) is 10.6. The van der Waals surface area contributed by atoms with E-state index >= 15 is 0 Å². The summed E-state index contributed by atoms with van der Waals surface area (Å²) in [7, 11) is 0. The van der Waals surface area contributed by atoms with E-state index in [0.717, 1.165) is 30.2 Å². The van der Waals surface area contributed by atoms with E-state index in [-0.39, 0.29) is 10.9 Å². The number of hydrogen-bond acceptors (Lipinski definition) is 1. The summed E-state index contributed by atoms with van der Waals surface area (Å²) in [4.78, 5) is 0. The molecule has 0 N–H and O–H groups in total. The fourth-order valence-corrected chi connectivity index (χ4v) is 3.29. The SMILES string of the molecule is CCCCOc1ccc(C#Cc2ccc(C#Cc3ccc4c(F)c(F)ccc4c3)c(F)c2)cc1. The van der Waals surface area contributed by atoms with Crippen LogP contribution < -0.4 is 4.74 Å². The fourth-order valence-electron chi connectivity index (χ4n) is 3.29. The van der Waals surface area contributed by atoms with E-state index in [1.165, 1.54) is 18.2 Å². The number of unbranched alkanes of at least 4 members (excludes halogenated alkanes) is 1. The summed E-state index contributed by atoms with van der Waals surface area (Å²) in [5.41, 5.74) is 2.14. The zero-order valence-electron chi connectivity index (χ0n) is 18.6. The number of fused-ring (bicyclic) bond motifs is 1. The highest BCUT2D eigenvalue weighted by Gasteiger charge is 2.07. The predicted molar refractivity (Wildman–Crippen MR) is 129 cm³/mol. The molecule has 0 aliphatic carbocycles. The molecule has 0 radical (unpaired) electrons. The van der Waals surface area contributed by atoms with Crippen LogP contribution in [0.3, 0.4) is 0 Å². The second-order valence-corrected chi connectivity index (χ2v) is 7.72. The maximum Gasteiger partial charge on any atom is 0.166 e. The van der Waals surface area contributed by atoms with Gasteiger partial charge in [-0.15, -0.1) is 0 Å². The largest absolute Gasteiger partial charge is 0.494 e. The molecule has 0 unspecified atom stereocenters. The van der Waals surface area contributed by atoms with Crippen LogP contribution in [-0.4, -0.2) is 6.61 Å². The van der Waals surface area contributed by atoms with Crippen molar-refractivity contribution in [3.63, 3.8) is 0 Å². The van der Waals surface area contributed by atoms with Crippen LogP contribution in [0.4, 0.5) is 13.2 Å². The van der Waals surface area contributed by atoms with E-state index in [2.05, 4.69) is 30.6 Å². The molecule has 4 aromatic rings. The average molecular weight is 454 g/mol. The Labute approximate surface area is 197 Å². The molecule has 0 saturated heterocycles. The Bertz CT molecular complexity index is 1450. The molecule has 0 saturated carbocycles. The van der Waals surface area contributed by atoms with Crippen LogP contribution in [-0.2, 0) is 0 Å². The minimum Gasteiger partial charge on any atom is -0.494 e. The average Bonchev–Trinajstić information content (AvgIpc) is 2.85. The third-order valence-electron chi connectivity index (χ3n) is 5.19. The zero-order valence-corrected chi connectivity index (χ0v) is 18.6. The van der Waals surface area contributed by atoms with E-state index < -0.39 is 17.5 Å². The first-order valence-corrected chi connectivity index (χ1v) is 11.0. The molecule has 0 heterocycles. The van der Waals surface area contributed by atoms with E-state index in [9.17, 15) is 13.2 Å². The lowest BCUT2D eigenvalue weighted by Crippen LogP contribution is -1.95. The number of halogens is 3. The smallest absolute Gasteiger partial charge is 0.166 e. The van der Waals surface area contributed by atoms with Crippen molar-refractivity contribution in [1.82, 2.24) is 0 Å². The molecule has 0 aliphatic rings. The molecule has 4 heteroatoms. The molecule has 4 aromatic carbocycles. The first kappa shape index (κ1) is 23.0. The summed E-state index contributed by atoms with van der Waals surface area (Å²) < 4.78 is 47.4. The third kappa shape index (κ3) is 5.61. The second-order valence-electron chi connectivity index (χ2n) is 7.72. The highest BCUT2D eigenvalue weighted by molar-refractivity contribution is 5.84. The fraction of sp³-hybridized carbons (Fsp3) is 0.133. The molecule has 34 heavy (non-hydrogen) atoms. The molecular weight excluding hydrogens is 433 g/mol. The number of ether oxygens (including phenoxy) is 1. The van der Waals surface area contributed by atoms with E-state index in [0.29, 0.717) is 23.1 Å². The van der Waals surface area contributed by atoms with Crippen molar-refractivity contribution in [3.05, 3.63) is 113 Å². The molecule has 0 fully saturated rings. The lowest BCUT2D eigenvalue weighted by molar-refractivity contribution is 0.309. The monoisotopic (exact) mass is 454 g/mol. The molecule has 0 aliphatic heterocycles. The van der Waals surface area contributed by atoms with Gasteiger partial charge < -0.3 is 4.74 Å². The number of benzene rings is 4. The topological polar surface area (TPSA) is 9.23 Å². The highest BCUT2D eigenvalue weighted by Crippen LogP contribution is 2.21. The van der Waals surface area contributed by atoms with Gasteiger partial charge >= 0.3 is 0 Å². The Kier molecular flexibility index (Phi) is 7.21. The van der Waals surface area contributed by atoms with Crippen molar-refractivity contribution in [2.75, 3.05) is 6.61 Å². The lowest BCUT2D eigenvalue weighted by Gasteiger charge is -2.04. The summed E-state index contributed by atoms with van der Waals surface area (Å²) in [6, 6.07) is 19.4. The summed E-state index contributed by atoms with van der Waals surface area (Å²) in [5, 5.41) is 0.704. The van der Waals surface area contributed by atoms with E-state index in [4.69, 9.17) is 4.74 Å². The van der Waals surface area contributed by atoms with Crippen molar-refractivity contribution in [3.8, 4) is 29.4 Å². The van der Waals surface area contributed by atoms with Crippen molar-refractivity contribution >= 4 is 10.8 Å². The normalized spacial score (nSPS) is 10.2. The van der Waals surface area contributed by atoms with Gasteiger partial charge in [-0.05, 0) is 72.5 Å². The minimum atomic E-state index is -0.898. The van der Waals surface area contributed by atoms with Gasteiger partial charge in [-0.2, -0.15) is 0 Å². The lowest BCUT2D eigenvalue weighted by atomic mass is 10.1. The van der Waals surface area contributed by atoms with Crippen LogP contribution in [0.5, 0.6) is 5.75 Å². The minimum absolute atomic E-state index is 0.179. The Morgan fingerprint density at radius 1 is 0.676 bits per heavy atom. The van der Waals surface area contributed by atoms with Crippen molar-refractivity contribution in [1.29, 1.82) is 0 Å². The highest BCUT2D eigenvalue weighted by atomic mass is 19.2. The van der Waals surface area contributed by atoms with Gasteiger partial charge in [0.25, 0.3) is 0 Å². The van der Waals surface area contributed by atoms with Gasteiger partial charge in [0, 0.05) is 22.1 Å². The van der Waals surface area contributed by atoms with Gasteiger partial charge in [0.15, 0.2) is 11.6 Å². The molecular formula is C30H21F3O. The molecule has 0 atom stereocenters. The number of rotatable bonds is 4. The summed E-state index contributed by atoms with van der Waals surface area (Å²) in [6.45, 7) is 2.80. The molecule has 0 aromatic heterocycles. The van der Waals surface area contributed by atoms with Crippen LogP contribution >= 0.6 is 0 Å². The van der Waals surface area contributed by atoms with Crippen LogP contribution in [0.1, 0.15) is 42.0 Å². The standard InChI is InChI=1S/C30H21F3O/c1-2-3-18-34-26-14-8-21(9-15-26)4-5-23-7-12-24(29(32)20-23)11-6-22-10-16-27-25(19-22)13-17-28(31)30(27)33/h7-10,12-17,19-20H,2-3,18H2,1H3. The summed E-state index contributed by atoms with van der Waals surface area (Å²) in [5.74, 6) is 10.2. The van der Waals surface area contributed by atoms with Gasteiger partial charge in [-0.1, -0.05) is 49.2 Å². The third-order valence-corrected chi connectivity index (χ3v) is 5.19. The number of hydrogen-bond donors (Lipinski definition) is 0. The van der Waals surface area contributed by atoms with Gasteiger partial charge in [0.1, 0.15) is 11.6 Å². The van der Waals surface area contributed by atoms with Crippen LogP contribution in [0.25, 0.3) is 10.8 Å². The molecule has 168 valence electrons. The molecule has 0 amide bonds. The van der Waals surface area contributed by atoms with Gasteiger partial charge in [0.2, 0.25) is 0 Å². The Balaban J connectivity index is 1.47. The maximum absolute atomic E-state index is 14.6. The predicted octanol–water partition coefficient (Wildman–Crippen LogP) is 7.24. The Morgan fingerprint density at radius 2 is 1.35 bits per heavy atom. The molecule has 1 nitrogen and oxygen atoms in total. The first-order chi connectivity index (χ1) is 16.5. The first-order valence-electron chi connectivity index (χ1n) is 11.0. The van der Waals surface area contributed by atoms with E-state index in [1.807, 2.05) is 24.3 Å².